The highest BCUT2D eigenvalue weighted by molar-refractivity contribution is 5.94. The van der Waals surface area contributed by atoms with Gasteiger partial charge in [0, 0.05) is 49.2 Å². The topological polar surface area (TPSA) is 67.8 Å². The first-order valence-corrected chi connectivity index (χ1v) is 12.1. The molecule has 2 aliphatic heterocycles. The number of methoxy groups -OCH3 is 1. The van der Waals surface area contributed by atoms with E-state index < -0.39 is 11.7 Å². The Labute approximate surface area is 212 Å². The van der Waals surface area contributed by atoms with Gasteiger partial charge in [-0.2, -0.15) is 13.2 Å². The second-order valence-corrected chi connectivity index (χ2v) is 9.03. The lowest BCUT2D eigenvalue weighted by Crippen LogP contribution is -2.41. The van der Waals surface area contributed by atoms with Crippen molar-refractivity contribution in [3.8, 4) is 5.75 Å². The van der Waals surface area contributed by atoms with Gasteiger partial charge in [0.15, 0.2) is 0 Å². The molecule has 1 amide bonds. The minimum Gasteiger partial charge on any atom is -0.496 e. The molecule has 0 atom stereocenters. The molecular weight excluding hydrogens is 485 g/mol. The van der Waals surface area contributed by atoms with Crippen LogP contribution in [0.1, 0.15) is 38.6 Å². The van der Waals surface area contributed by atoms with E-state index in [1.165, 1.54) is 12.1 Å². The van der Waals surface area contributed by atoms with Crippen molar-refractivity contribution in [1.82, 2.24) is 14.9 Å². The third kappa shape index (κ3) is 5.39. The third-order valence-corrected chi connectivity index (χ3v) is 6.68. The Kier molecular flexibility index (Phi) is 7.01. The molecule has 2 aliphatic rings. The third-order valence-electron chi connectivity index (χ3n) is 6.68. The molecule has 1 aromatic heterocycles. The largest absolute Gasteiger partial charge is 0.496 e. The zero-order valence-electron chi connectivity index (χ0n) is 20.4. The van der Waals surface area contributed by atoms with Crippen molar-refractivity contribution < 1.29 is 27.4 Å². The highest BCUT2D eigenvalue weighted by atomic mass is 19.4. The number of rotatable bonds is 5. The summed E-state index contributed by atoms with van der Waals surface area (Å²) in [6.45, 7) is 3.20. The number of alkyl halides is 3. The van der Waals surface area contributed by atoms with E-state index in [-0.39, 0.29) is 18.0 Å². The van der Waals surface area contributed by atoms with Crippen LogP contribution in [0.4, 0.5) is 19.0 Å². The molecule has 3 heterocycles. The summed E-state index contributed by atoms with van der Waals surface area (Å²) in [5, 5.41) is 0. The van der Waals surface area contributed by atoms with Crippen molar-refractivity contribution in [3.05, 3.63) is 82.3 Å². The number of anilines is 1. The molecule has 0 saturated carbocycles. The number of ether oxygens (including phenoxy) is 2. The van der Waals surface area contributed by atoms with Crippen molar-refractivity contribution in [2.24, 2.45) is 0 Å². The summed E-state index contributed by atoms with van der Waals surface area (Å²) in [4.78, 5) is 26.8. The molecular formula is C27H27F3N4O3. The standard InChI is InChI=1S/C27H27F3N4O3/c1-36-23-5-3-2-4-19(23)16-24-31-22-10-11-34(17-21(22)25(32-24)33-12-14-37-15-13-33)26(35)18-6-8-20(9-7-18)27(28,29)30/h2-9H,10-17H2,1H3. The summed E-state index contributed by atoms with van der Waals surface area (Å²) in [6.07, 6.45) is -3.42. The molecule has 5 rings (SSSR count). The fourth-order valence-corrected chi connectivity index (χ4v) is 4.74. The summed E-state index contributed by atoms with van der Waals surface area (Å²) in [7, 11) is 1.63. The van der Waals surface area contributed by atoms with Crippen molar-refractivity contribution >= 4 is 11.7 Å². The van der Waals surface area contributed by atoms with Crippen molar-refractivity contribution in [2.45, 2.75) is 25.6 Å². The minimum absolute atomic E-state index is 0.220. The molecule has 0 radical (unpaired) electrons. The number of halogens is 3. The molecule has 37 heavy (non-hydrogen) atoms. The van der Waals surface area contributed by atoms with E-state index in [1.807, 2.05) is 24.3 Å². The first-order valence-electron chi connectivity index (χ1n) is 12.1. The Morgan fingerprint density at radius 1 is 1.03 bits per heavy atom. The van der Waals surface area contributed by atoms with Crippen LogP contribution in [-0.2, 0) is 30.3 Å². The molecule has 3 aromatic rings. The number of fused-ring (bicyclic) bond motifs is 1. The van der Waals surface area contributed by atoms with Crippen LogP contribution in [0.5, 0.6) is 5.75 Å². The van der Waals surface area contributed by atoms with Crippen LogP contribution in [0.15, 0.2) is 48.5 Å². The SMILES string of the molecule is COc1ccccc1Cc1nc2c(c(N3CCOCC3)n1)CN(C(=O)c1ccc(C(F)(F)F)cc1)CC2. The average molecular weight is 513 g/mol. The number of amides is 1. The van der Waals surface area contributed by atoms with E-state index in [2.05, 4.69) is 4.90 Å². The van der Waals surface area contributed by atoms with E-state index in [0.717, 1.165) is 40.5 Å². The minimum atomic E-state index is -4.45. The van der Waals surface area contributed by atoms with E-state index in [4.69, 9.17) is 19.4 Å². The van der Waals surface area contributed by atoms with Gasteiger partial charge in [0.25, 0.3) is 5.91 Å². The van der Waals surface area contributed by atoms with Crippen molar-refractivity contribution in [2.75, 3.05) is 44.9 Å². The Bertz CT molecular complexity index is 1270. The first-order chi connectivity index (χ1) is 17.8. The van der Waals surface area contributed by atoms with Gasteiger partial charge in [-0.05, 0) is 30.3 Å². The van der Waals surface area contributed by atoms with Crippen molar-refractivity contribution in [3.63, 3.8) is 0 Å². The number of carbonyl (C=O) groups excluding carboxylic acids is 1. The maximum atomic E-state index is 13.2. The van der Waals surface area contributed by atoms with E-state index >= 15 is 0 Å². The second-order valence-electron chi connectivity index (χ2n) is 9.03. The van der Waals surface area contributed by atoms with Gasteiger partial charge in [-0.3, -0.25) is 4.79 Å². The first kappa shape index (κ1) is 25.0. The fourth-order valence-electron chi connectivity index (χ4n) is 4.74. The smallest absolute Gasteiger partial charge is 0.416 e. The van der Waals surface area contributed by atoms with Gasteiger partial charge in [-0.15, -0.1) is 0 Å². The van der Waals surface area contributed by atoms with Gasteiger partial charge in [-0.1, -0.05) is 18.2 Å². The predicted molar refractivity (Wildman–Crippen MR) is 131 cm³/mol. The van der Waals surface area contributed by atoms with Gasteiger partial charge >= 0.3 is 6.18 Å². The van der Waals surface area contributed by atoms with Crippen LogP contribution in [0, 0.1) is 0 Å². The van der Waals surface area contributed by atoms with E-state index in [1.54, 1.807) is 12.0 Å². The molecule has 194 valence electrons. The molecule has 0 bridgehead atoms. The zero-order valence-corrected chi connectivity index (χ0v) is 20.4. The average Bonchev–Trinajstić information content (AvgIpc) is 2.92. The van der Waals surface area contributed by atoms with Crippen LogP contribution in [0.3, 0.4) is 0 Å². The fraction of sp³-hybridized carbons (Fsp3) is 0.370. The van der Waals surface area contributed by atoms with Gasteiger partial charge < -0.3 is 19.3 Å². The maximum Gasteiger partial charge on any atom is 0.416 e. The monoisotopic (exact) mass is 512 g/mol. The number of hydrogen-bond donors (Lipinski definition) is 0. The van der Waals surface area contributed by atoms with Crippen LogP contribution in [0.2, 0.25) is 0 Å². The summed E-state index contributed by atoms with van der Waals surface area (Å²) in [6, 6.07) is 12.1. The quantitative estimate of drug-likeness (QED) is 0.512. The van der Waals surface area contributed by atoms with E-state index in [9.17, 15) is 18.0 Å². The Balaban J connectivity index is 1.44. The number of carbonyl (C=O) groups is 1. The lowest BCUT2D eigenvalue weighted by Gasteiger charge is -2.34. The lowest BCUT2D eigenvalue weighted by molar-refractivity contribution is -0.137. The normalized spacial score (nSPS) is 15.9. The van der Waals surface area contributed by atoms with Crippen LogP contribution in [0.25, 0.3) is 0 Å². The Morgan fingerprint density at radius 2 is 1.76 bits per heavy atom. The molecule has 10 heteroatoms. The van der Waals surface area contributed by atoms with Gasteiger partial charge in [0.1, 0.15) is 17.4 Å². The maximum absolute atomic E-state index is 13.2. The number of para-hydroxylation sites is 1. The molecule has 2 aromatic carbocycles. The highest BCUT2D eigenvalue weighted by Gasteiger charge is 2.32. The number of morpholine rings is 1. The van der Waals surface area contributed by atoms with Gasteiger partial charge in [0.05, 0.1) is 38.1 Å². The lowest BCUT2D eigenvalue weighted by atomic mass is 10.0. The Hall–Kier alpha value is -3.66. The van der Waals surface area contributed by atoms with Gasteiger partial charge in [-0.25, -0.2) is 9.97 Å². The number of nitrogens with zero attached hydrogens (tertiary/aromatic N) is 4. The molecule has 0 unspecified atom stereocenters. The predicted octanol–water partition coefficient (Wildman–Crippen LogP) is 4.13. The summed E-state index contributed by atoms with van der Waals surface area (Å²) >= 11 is 0. The number of hydrogen-bond acceptors (Lipinski definition) is 6. The summed E-state index contributed by atoms with van der Waals surface area (Å²) in [5.41, 5.74) is 2.18. The summed E-state index contributed by atoms with van der Waals surface area (Å²) < 4.78 is 49.9. The zero-order chi connectivity index (χ0) is 26.0. The molecule has 1 saturated heterocycles. The van der Waals surface area contributed by atoms with Crippen LogP contribution in [-0.4, -0.2) is 60.7 Å². The molecule has 7 nitrogen and oxygen atoms in total. The Morgan fingerprint density at radius 3 is 2.46 bits per heavy atom. The molecule has 0 N–H and O–H groups in total. The number of benzene rings is 2. The second kappa shape index (κ2) is 10.4. The summed E-state index contributed by atoms with van der Waals surface area (Å²) in [5.74, 6) is 1.91. The number of aromatic nitrogens is 2. The van der Waals surface area contributed by atoms with Gasteiger partial charge in [0.2, 0.25) is 0 Å². The van der Waals surface area contributed by atoms with Crippen LogP contribution < -0.4 is 9.64 Å². The molecule has 0 aliphatic carbocycles. The van der Waals surface area contributed by atoms with Crippen molar-refractivity contribution in [1.29, 1.82) is 0 Å². The highest BCUT2D eigenvalue weighted by Crippen LogP contribution is 2.31. The molecule has 1 fully saturated rings. The molecule has 0 spiro atoms. The van der Waals surface area contributed by atoms with Crippen LogP contribution >= 0.6 is 0 Å². The van der Waals surface area contributed by atoms with E-state index in [0.29, 0.717) is 51.5 Å².